The van der Waals surface area contributed by atoms with E-state index in [0.717, 1.165) is 39.2 Å². The molecule has 0 spiro atoms. The van der Waals surface area contributed by atoms with Crippen molar-refractivity contribution in [3.63, 3.8) is 0 Å². The van der Waals surface area contributed by atoms with Gasteiger partial charge in [-0.3, -0.25) is 4.99 Å². The Morgan fingerprint density at radius 2 is 2.44 bits per heavy atom. The number of nitrogens with two attached hydrogens (primary N) is 1. The molecule has 1 heterocycles. The summed E-state index contributed by atoms with van der Waals surface area (Å²) in [6.45, 7) is 5.82. The molecule has 1 atom stereocenters. The number of hydrogen-bond acceptors (Lipinski definition) is 3. The van der Waals surface area contributed by atoms with Gasteiger partial charge in [0, 0.05) is 26.3 Å². The number of halogens is 1. The molecule has 1 aliphatic heterocycles. The summed E-state index contributed by atoms with van der Waals surface area (Å²) < 4.78 is 10.8. The Kier molecular flexibility index (Phi) is 10.0. The molecule has 1 saturated heterocycles. The minimum absolute atomic E-state index is 0. The van der Waals surface area contributed by atoms with E-state index in [1.165, 1.54) is 0 Å². The van der Waals surface area contributed by atoms with E-state index in [0.29, 0.717) is 18.6 Å². The van der Waals surface area contributed by atoms with Crippen molar-refractivity contribution in [3.8, 4) is 0 Å². The minimum atomic E-state index is 0. The number of rotatable bonds is 6. The summed E-state index contributed by atoms with van der Waals surface area (Å²) in [7, 11) is 0. The smallest absolute Gasteiger partial charge is 0.188 e. The molecule has 6 heteroatoms. The number of ether oxygens (including phenoxy) is 2. The molecule has 3 N–H and O–H groups in total. The van der Waals surface area contributed by atoms with E-state index in [4.69, 9.17) is 15.2 Å². The van der Waals surface area contributed by atoms with Crippen molar-refractivity contribution in [1.29, 1.82) is 0 Å². The SMILES string of the molecule is CCNC(N)=NCCCOC1CCOC1.I. The minimum Gasteiger partial charge on any atom is -0.379 e. The third kappa shape index (κ3) is 7.24. The first-order chi connectivity index (χ1) is 7.33. The van der Waals surface area contributed by atoms with Crippen molar-refractivity contribution in [3.05, 3.63) is 0 Å². The van der Waals surface area contributed by atoms with Crippen molar-refractivity contribution < 1.29 is 9.47 Å². The highest BCUT2D eigenvalue weighted by Crippen LogP contribution is 2.07. The van der Waals surface area contributed by atoms with E-state index >= 15 is 0 Å². The molecule has 0 bridgehead atoms. The lowest BCUT2D eigenvalue weighted by molar-refractivity contribution is 0.0424. The zero-order chi connectivity index (χ0) is 10.9. The van der Waals surface area contributed by atoms with Gasteiger partial charge in [0.15, 0.2) is 5.96 Å². The van der Waals surface area contributed by atoms with Gasteiger partial charge in [-0.2, -0.15) is 0 Å². The molecule has 1 aliphatic rings. The van der Waals surface area contributed by atoms with Crippen LogP contribution in [0.4, 0.5) is 0 Å². The average Bonchev–Trinajstić information content (AvgIpc) is 2.70. The summed E-state index contributed by atoms with van der Waals surface area (Å²) >= 11 is 0. The van der Waals surface area contributed by atoms with Crippen LogP contribution in [-0.4, -0.2) is 45.0 Å². The summed E-state index contributed by atoms with van der Waals surface area (Å²) in [4.78, 5) is 4.15. The predicted molar refractivity (Wildman–Crippen MR) is 75.4 cm³/mol. The highest BCUT2D eigenvalue weighted by atomic mass is 127. The highest BCUT2D eigenvalue weighted by Gasteiger charge is 2.14. The number of guanidine groups is 1. The van der Waals surface area contributed by atoms with Crippen molar-refractivity contribution >= 4 is 29.9 Å². The Morgan fingerprint density at radius 3 is 3.06 bits per heavy atom. The maximum absolute atomic E-state index is 5.59. The van der Waals surface area contributed by atoms with E-state index in [1.54, 1.807) is 0 Å². The van der Waals surface area contributed by atoms with Gasteiger partial charge in [0.25, 0.3) is 0 Å². The van der Waals surface area contributed by atoms with E-state index in [2.05, 4.69) is 10.3 Å². The quantitative estimate of drug-likeness (QED) is 0.323. The molecule has 0 aromatic heterocycles. The second-order valence-electron chi connectivity index (χ2n) is 3.51. The van der Waals surface area contributed by atoms with Gasteiger partial charge in [0.1, 0.15) is 0 Å². The molecule has 0 aromatic carbocycles. The van der Waals surface area contributed by atoms with Gasteiger partial charge in [-0.15, -0.1) is 24.0 Å². The first kappa shape index (κ1) is 15.9. The van der Waals surface area contributed by atoms with Gasteiger partial charge in [-0.1, -0.05) is 0 Å². The fraction of sp³-hybridized carbons (Fsp3) is 0.900. The van der Waals surface area contributed by atoms with Gasteiger partial charge >= 0.3 is 0 Å². The fourth-order valence-corrected chi connectivity index (χ4v) is 1.40. The normalized spacial score (nSPS) is 20.6. The van der Waals surface area contributed by atoms with Gasteiger partial charge in [0.2, 0.25) is 0 Å². The molecule has 1 unspecified atom stereocenters. The summed E-state index contributed by atoms with van der Waals surface area (Å²) in [5, 5.41) is 2.94. The van der Waals surface area contributed by atoms with E-state index in [-0.39, 0.29) is 24.0 Å². The average molecular weight is 343 g/mol. The van der Waals surface area contributed by atoms with E-state index < -0.39 is 0 Å². The van der Waals surface area contributed by atoms with Gasteiger partial charge < -0.3 is 20.5 Å². The molecular weight excluding hydrogens is 321 g/mol. The maximum atomic E-state index is 5.59. The van der Waals surface area contributed by atoms with Crippen LogP contribution in [0.3, 0.4) is 0 Å². The molecule has 0 aromatic rings. The standard InChI is InChI=1S/C10H21N3O2.HI/c1-2-12-10(11)13-5-3-6-15-9-4-7-14-8-9;/h9H,2-8H2,1H3,(H3,11,12,13);1H. The number of nitrogens with zero attached hydrogens (tertiary/aromatic N) is 1. The molecule has 0 saturated carbocycles. The maximum Gasteiger partial charge on any atom is 0.188 e. The lowest BCUT2D eigenvalue weighted by atomic mass is 10.3. The Balaban J connectivity index is 0.00000225. The van der Waals surface area contributed by atoms with Crippen LogP contribution in [0.15, 0.2) is 4.99 Å². The second-order valence-corrected chi connectivity index (χ2v) is 3.51. The van der Waals surface area contributed by atoms with Crippen LogP contribution >= 0.6 is 24.0 Å². The van der Waals surface area contributed by atoms with Crippen molar-refractivity contribution in [2.45, 2.75) is 25.9 Å². The van der Waals surface area contributed by atoms with Crippen molar-refractivity contribution in [2.75, 3.05) is 32.9 Å². The molecule has 16 heavy (non-hydrogen) atoms. The van der Waals surface area contributed by atoms with Crippen molar-refractivity contribution in [1.82, 2.24) is 5.32 Å². The molecule has 1 rings (SSSR count). The summed E-state index contributed by atoms with van der Waals surface area (Å²) in [5.74, 6) is 0.515. The lowest BCUT2D eigenvalue weighted by Gasteiger charge is -2.08. The zero-order valence-electron chi connectivity index (χ0n) is 9.78. The van der Waals surface area contributed by atoms with Crippen LogP contribution in [-0.2, 0) is 9.47 Å². The van der Waals surface area contributed by atoms with E-state index in [9.17, 15) is 0 Å². The van der Waals surface area contributed by atoms with Gasteiger partial charge in [0.05, 0.1) is 12.7 Å². The first-order valence-corrected chi connectivity index (χ1v) is 5.56. The van der Waals surface area contributed by atoms with Crippen LogP contribution in [0.5, 0.6) is 0 Å². The summed E-state index contributed by atoms with van der Waals surface area (Å²) in [6.07, 6.45) is 2.21. The second kappa shape index (κ2) is 10.1. The van der Waals surface area contributed by atoms with Crippen LogP contribution in [0, 0.1) is 0 Å². The molecule has 96 valence electrons. The Bertz CT molecular complexity index is 197. The number of hydrogen-bond donors (Lipinski definition) is 2. The molecule has 0 radical (unpaired) electrons. The number of nitrogens with one attached hydrogen (secondary N) is 1. The van der Waals surface area contributed by atoms with Crippen molar-refractivity contribution in [2.24, 2.45) is 10.7 Å². The Morgan fingerprint density at radius 1 is 1.62 bits per heavy atom. The molecular formula is C10H22IN3O2. The zero-order valence-corrected chi connectivity index (χ0v) is 12.1. The third-order valence-corrected chi connectivity index (χ3v) is 2.18. The van der Waals surface area contributed by atoms with E-state index in [1.807, 2.05) is 6.92 Å². The van der Waals surface area contributed by atoms with Crippen LogP contribution < -0.4 is 11.1 Å². The molecule has 1 fully saturated rings. The topological polar surface area (TPSA) is 68.9 Å². The molecule has 0 amide bonds. The first-order valence-electron chi connectivity index (χ1n) is 5.56. The monoisotopic (exact) mass is 343 g/mol. The van der Waals surface area contributed by atoms with Crippen LogP contribution in [0.25, 0.3) is 0 Å². The summed E-state index contributed by atoms with van der Waals surface area (Å²) in [6, 6.07) is 0. The molecule has 5 nitrogen and oxygen atoms in total. The Labute approximate surface area is 114 Å². The van der Waals surface area contributed by atoms with Gasteiger partial charge in [-0.25, -0.2) is 0 Å². The largest absolute Gasteiger partial charge is 0.379 e. The predicted octanol–water partition coefficient (Wildman–Crippen LogP) is 0.724. The number of aliphatic imine (C=N–C) groups is 1. The molecule has 0 aliphatic carbocycles. The van der Waals surface area contributed by atoms with Crippen LogP contribution in [0.2, 0.25) is 0 Å². The highest BCUT2D eigenvalue weighted by molar-refractivity contribution is 14.0. The lowest BCUT2D eigenvalue weighted by Crippen LogP contribution is -2.31. The van der Waals surface area contributed by atoms with Gasteiger partial charge in [-0.05, 0) is 19.8 Å². The Hall–Kier alpha value is -0.0800. The summed E-state index contributed by atoms with van der Waals surface area (Å²) in [5.41, 5.74) is 5.57. The van der Waals surface area contributed by atoms with Crippen LogP contribution in [0.1, 0.15) is 19.8 Å². The third-order valence-electron chi connectivity index (χ3n) is 2.18. The fourth-order valence-electron chi connectivity index (χ4n) is 1.40.